The van der Waals surface area contributed by atoms with Gasteiger partial charge in [0.25, 0.3) is 0 Å². The number of ether oxygens (including phenoxy) is 2. The number of nitrogens with zero attached hydrogens (tertiary/aromatic N) is 10. The molecule has 0 bridgehead atoms. The van der Waals surface area contributed by atoms with Crippen molar-refractivity contribution in [3.8, 4) is 34.0 Å². The quantitative estimate of drug-likeness (QED) is 0.0854. The van der Waals surface area contributed by atoms with Gasteiger partial charge in [0.05, 0.1) is 48.2 Å². The molecular formula is C52H59ClF6N12O2. The third-order valence-corrected chi connectivity index (χ3v) is 13.7. The van der Waals surface area contributed by atoms with E-state index in [-0.39, 0.29) is 51.3 Å². The summed E-state index contributed by atoms with van der Waals surface area (Å²) in [6, 6.07) is 16.5. The molecule has 388 valence electrons. The Labute approximate surface area is 426 Å². The van der Waals surface area contributed by atoms with Crippen molar-refractivity contribution in [3.63, 3.8) is 0 Å². The zero-order valence-electron chi connectivity index (χ0n) is 41.6. The Hall–Kier alpha value is -6.77. The van der Waals surface area contributed by atoms with E-state index in [0.29, 0.717) is 78.1 Å². The van der Waals surface area contributed by atoms with Gasteiger partial charge in [0.1, 0.15) is 36.2 Å². The van der Waals surface area contributed by atoms with Crippen LogP contribution in [-0.2, 0) is 0 Å². The average Bonchev–Trinajstić information content (AvgIpc) is 3.36. The summed E-state index contributed by atoms with van der Waals surface area (Å²) in [7, 11) is 12.0. The number of hydrogen-bond donors (Lipinski definition) is 2. The number of piperidine rings is 2. The standard InChI is InChI=1S/C26H29F3N6O.C13H10ClF2N3O.C13H20FN3/c1-33(2)18-6-8-35(9-7-18)22-5-4-17(14-19(22)27)31-26-30-15-21(29)24(32-26)16-12-20(28)25-23(13-16)34(3)10-11-36-25;1-19-2-3-20-12-8(15)4-7(5-10(12)19)11-9(16)6-17-13(14)18-11;1-16(2)11-5-7-17(8-6-11)13-4-3-10(15)9-12(13)14/h4-5,12-15,18H,6-11H2,1-3H3,(H,30,31,32);4-6H,2-3H2,1H3;3-4,9,11H,5-8,15H2,1-2H3. The van der Waals surface area contributed by atoms with Crippen LogP contribution >= 0.6 is 11.6 Å². The number of hydrogen-bond acceptors (Lipinski definition) is 14. The molecule has 0 saturated carbocycles. The van der Waals surface area contributed by atoms with Gasteiger partial charge in [0, 0.05) is 74.9 Å². The molecule has 73 heavy (non-hydrogen) atoms. The highest BCUT2D eigenvalue weighted by Crippen LogP contribution is 2.40. The first kappa shape index (κ1) is 52.5. The van der Waals surface area contributed by atoms with E-state index < -0.39 is 23.3 Å². The van der Waals surface area contributed by atoms with E-state index in [9.17, 15) is 26.3 Å². The minimum atomic E-state index is -0.693. The summed E-state index contributed by atoms with van der Waals surface area (Å²) in [5.74, 6) is -2.68. The zero-order valence-corrected chi connectivity index (χ0v) is 42.3. The SMILES string of the molecule is CN(C)C1CCN(c2ccc(N)cc2F)CC1.CN1CCOc2c(F)cc(-c3nc(Cl)ncc3F)cc21.CN1CCOc2c(F)cc(-c3nc(Nc4ccc(N5CCC(N(C)C)CC5)c(F)c4)ncc3F)cc21. The maximum absolute atomic E-state index is 15.0. The maximum Gasteiger partial charge on any atom is 0.227 e. The average molecular weight is 1030 g/mol. The Kier molecular flexibility index (Phi) is 16.5. The lowest BCUT2D eigenvalue weighted by molar-refractivity contribution is 0.249. The van der Waals surface area contributed by atoms with Gasteiger partial charge in [-0.25, -0.2) is 46.3 Å². The Bertz CT molecular complexity index is 2900. The van der Waals surface area contributed by atoms with Crippen molar-refractivity contribution in [2.45, 2.75) is 37.8 Å². The zero-order chi connectivity index (χ0) is 52.1. The van der Waals surface area contributed by atoms with E-state index in [1.54, 1.807) is 36.4 Å². The Morgan fingerprint density at radius 2 is 1.03 bits per heavy atom. The lowest BCUT2D eigenvalue weighted by atomic mass is 10.0. The molecule has 0 amide bonds. The number of fused-ring (bicyclic) bond motifs is 2. The fraction of sp³-hybridized carbons (Fsp3) is 0.385. The molecule has 0 aliphatic carbocycles. The van der Waals surface area contributed by atoms with Crippen molar-refractivity contribution in [2.24, 2.45) is 0 Å². The fourth-order valence-corrected chi connectivity index (χ4v) is 9.40. The van der Waals surface area contributed by atoms with Gasteiger partial charge < -0.3 is 49.9 Å². The minimum Gasteiger partial charge on any atom is -0.486 e. The maximum atomic E-state index is 15.0. The molecule has 0 spiro atoms. The first-order chi connectivity index (χ1) is 34.9. The van der Waals surface area contributed by atoms with Crippen LogP contribution in [0.3, 0.4) is 0 Å². The molecular weight excluding hydrogens is 974 g/mol. The van der Waals surface area contributed by atoms with Crippen LogP contribution < -0.4 is 40.1 Å². The van der Waals surface area contributed by atoms with Gasteiger partial charge in [-0.1, -0.05) is 0 Å². The monoisotopic (exact) mass is 1030 g/mol. The van der Waals surface area contributed by atoms with Crippen LogP contribution in [0, 0.1) is 34.9 Å². The smallest absolute Gasteiger partial charge is 0.227 e. The molecule has 0 radical (unpaired) electrons. The molecule has 4 aliphatic heterocycles. The molecule has 3 N–H and O–H groups in total. The van der Waals surface area contributed by atoms with E-state index in [1.807, 2.05) is 23.9 Å². The topological polar surface area (TPSA) is 128 Å². The number of nitrogen functional groups attached to an aromatic ring is 1. The molecule has 2 aromatic heterocycles. The first-order valence-corrected chi connectivity index (χ1v) is 24.3. The Morgan fingerprint density at radius 3 is 1.51 bits per heavy atom. The second kappa shape index (κ2) is 23.0. The van der Waals surface area contributed by atoms with Crippen LogP contribution in [0.2, 0.25) is 5.28 Å². The van der Waals surface area contributed by atoms with E-state index in [0.717, 1.165) is 64.3 Å². The summed E-state index contributed by atoms with van der Waals surface area (Å²) in [4.78, 5) is 27.9. The highest BCUT2D eigenvalue weighted by molar-refractivity contribution is 6.28. The van der Waals surface area contributed by atoms with Crippen LogP contribution in [0.1, 0.15) is 25.7 Å². The summed E-state index contributed by atoms with van der Waals surface area (Å²) in [5, 5.41) is 2.84. The summed E-state index contributed by atoms with van der Waals surface area (Å²) in [5.41, 5.74) is 9.23. The van der Waals surface area contributed by atoms with Crippen LogP contribution in [0.15, 0.2) is 73.1 Å². The normalized spacial score (nSPS) is 15.9. The number of rotatable bonds is 8. The Morgan fingerprint density at radius 1 is 0.562 bits per heavy atom. The number of aromatic nitrogens is 4. The van der Waals surface area contributed by atoms with Crippen molar-refractivity contribution >= 4 is 51.7 Å². The molecule has 2 saturated heterocycles. The van der Waals surface area contributed by atoms with Crippen molar-refractivity contribution in [1.82, 2.24) is 29.7 Å². The highest BCUT2D eigenvalue weighted by Gasteiger charge is 2.27. The van der Waals surface area contributed by atoms with Crippen molar-refractivity contribution in [3.05, 3.63) is 113 Å². The van der Waals surface area contributed by atoms with Crippen molar-refractivity contribution < 1.29 is 35.8 Å². The van der Waals surface area contributed by atoms with Gasteiger partial charge in [-0.3, -0.25) is 0 Å². The molecule has 21 heteroatoms. The molecule has 0 unspecified atom stereocenters. The van der Waals surface area contributed by atoms with Crippen molar-refractivity contribution in [1.29, 1.82) is 0 Å². The highest BCUT2D eigenvalue weighted by atomic mass is 35.5. The molecule has 14 nitrogen and oxygen atoms in total. The number of benzene rings is 4. The lowest BCUT2D eigenvalue weighted by Gasteiger charge is -2.36. The largest absolute Gasteiger partial charge is 0.486 e. The van der Waals surface area contributed by atoms with Crippen LogP contribution in [-0.4, -0.2) is 137 Å². The number of nitrogens with one attached hydrogen (secondary N) is 1. The summed E-state index contributed by atoms with van der Waals surface area (Å²) < 4.78 is 96.7. The molecule has 0 atom stereocenters. The van der Waals surface area contributed by atoms with Gasteiger partial charge in [0.2, 0.25) is 11.2 Å². The summed E-state index contributed by atoms with van der Waals surface area (Å²) >= 11 is 5.66. The van der Waals surface area contributed by atoms with E-state index in [1.165, 1.54) is 24.3 Å². The lowest BCUT2D eigenvalue weighted by Crippen LogP contribution is -2.42. The van der Waals surface area contributed by atoms with Gasteiger partial charge in [-0.15, -0.1) is 0 Å². The summed E-state index contributed by atoms with van der Waals surface area (Å²) in [6.45, 7) is 5.39. The Balaban J connectivity index is 0.000000162. The minimum absolute atomic E-state index is 0.0364. The summed E-state index contributed by atoms with van der Waals surface area (Å²) in [6.07, 6.45) is 6.09. The van der Waals surface area contributed by atoms with E-state index >= 15 is 0 Å². The predicted molar refractivity (Wildman–Crippen MR) is 276 cm³/mol. The molecule has 6 heterocycles. The predicted octanol–water partition coefficient (Wildman–Crippen LogP) is 9.51. The van der Waals surface area contributed by atoms with Crippen LogP contribution in [0.25, 0.3) is 22.5 Å². The third-order valence-electron chi connectivity index (χ3n) is 13.5. The number of halogens is 7. The number of anilines is 7. The third kappa shape index (κ3) is 12.4. The van der Waals surface area contributed by atoms with Gasteiger partial charge in [-0.2, -0.15) is 0 Å². The van der Waals surface area contributed by atoms with Crippen LogP contribution in [0.5, 0.6) is 11.5 Å². The molecule has 2 fully saturated rings. The molecule has 10 rings (SSSR count). The van der Waals surface area contributed by atoms with Gasteiger partial charge in [0.15, 0.2) is 34.8 Å². The van der Waals surface area contributed by atoms with E-state index in [4.69, 9.17) is 26.8 Å². The van der Waals surface area contributed by atoms with Gasteiger partial charge >= 0.3 is 0 Å². The molecule has 6 aromatic rings. The van der Waals surface area contributed by atoms with Crippen LogP contribution in [0.4, 0.5) is 66.4 Å². The molecule has 4 aliphatic rings. The van der Waals surface area contributed by atoms with Gasteiger partial charge in [-0.05, 0) is 126 Å². The van der Waals surface area contributed by atoms with Crippen molar-refractivity contribution in [2.75, 3.05) is 125 Å². The second-order valence-electron chi connectivity index (χ2n) is 18.7. The first-order valence-electron chi connectivity index (χ1n) is 23.9. The molecule has 4 aromatic carbocycles. The number of nitrogens with two attached hydrogens (primary N) is 1. The second-order valence-corrected chi connectivity index (χ2v) is 19.1. The number of likely N-dealkylation sites (N-methyl/N-ethyl adjacent to an activating group) is 2. The van der Waals surface area contributed by atoms with E-state index in [2.05, 4.69) is 73.0 Å². The fourth-order valence-electron chi connectivity index (χ4n) is 9.27.